The summed E-state index contributed by atoms with van der Waals surface area (Å²) in [7, 11) is 0. The summed E-state index contributed by atoms with van der Waals surface area (Å²) in [6.45, 7) is 6.44. The molecule has 1 aromatic rings. The van der Waals surface area contributed by atoms with Crippen LogP contribution in [0.5, 0.6) is 0 Å². The number of hydrogen-bond acceptors (Lipinski definition) is 2. The summed E-state index contributed by atoms with van der Waals surface area (Å²) in [5, 5.41) is 0. The number of benzene rings is 1. The van der Waals surface area contributed by atoms with Crippen molar-refractivity contribution < 1.29 is 4.39 Å². The van der Waals surface area contributed by atoms with Crippen molar-refractivity contribution in [1.82, 2.24) is 0 Å². The van der Waals surface area contributed by atoms with Crippen LogP contribution in [0.4, 0.5) is 15.8 Å². The fourth-order valence-corrected chi connectivity index (χ4v) is 2.12. The van der Waals surface area contributed by atoms with Gasteiger partial charge in [0, 0.05) is 24.5 Å². The normalized spacial score (nSPS) is 25.9. The molecule has 0 aliphatic carbocycles. The molecule has 0 radical (unpaired) electrons. The zero-order chi connectivity index (χ0) is 11.0. The maximum absolute atomic E-state index is 13.2. The molecule has 2 N–H and O–H groups in total. The fourth-order valence-electron chi connectivity index (χ4n) is 2.12. The van der Waals surface area contributed by atoms with Crippen LogP contribution in [0.15, 0.2) is 18.2 Å². The summed E-state index contributed by atoms with van der Waals surface area (Å²) >= 11 is 0. The van der Waals surface area contributed by atoms with Crippen molar-refractivity contribution in [1.29, 1.82) is 0 Å². The van der Waals surface area contributed by atoms with Gasteiger partial charge in [-0.1, -0.05) is 13.8 Å². The first-order valence-corrected chi connectivity index (χ1v) is 5.37. The summed E-state index contributed by atoms with van der Waals surface area (Å²) in [6.07, 6.45) is 0. The minimum atomic E-state index is -0.253. The molecule has 0 amide bonds. The fraction of sp³-hybridized carbons (Fsp3) is 0.500. The van der Waals surface area contributed by atoms with Crippen LogP contribution < -0.4 is 10.6 Å². The van der Waals surface area contributed by atoms with Gasteiger partial charge in [0.1, 0.15) is 5.82 Å². The largest absolute Gasteiger partial charge is 0.399 e. The van der Waals surface area contributed by atoms with Gasteiger partial charge in [-0.15, -0.1) is 0 Å². The van der Waals surface area contributed by atoms with Crippen molar-refractivity contribution >= 4 is 11.4 Å². The van der Waals surface area contributed by atoms with Crippen molar-refractivity contribution in [3.05, 3.63) is 24.0 Å². The molecule has 15 heavy (non-hydrogen) atoms. The molecule has 82 valence electrons. The molecular formula is C12H17FN2. The first-order valence-electron chi connectivity index (χ1n) is 5.37. The van der Waals surface area contributed by atoms with Crippen molar-refractivity contribution in [3.8, 4) is 0 Å². The maximum atomic E-state index is 13.2. The Bertz CT molecular complexity index is 334. The third-order valence-corrected chi connectivity index (χ3v) is 3.26. The molecule has 1 heterocycles. The lowest BCUT2D eigenvalue weighted by Gasteiger charge is -2.18. The van der Waals surface area contributed by atoms with Crippen LogP contribution in [0.3, 0.4) is 0 Å². The van der Waals surface area contributed by atoms with Crippen LogP contribution in [0.2, 0.25) is 0 Å². The molecule has 2 unspecified atom stereocenters. The van der Waals surface area contributed by atoms with Crippen molar-refractivity contribution in [2.45, 2.75) is 13.8 Å². The molecule has 0 saturated carbocycles. The lowest BCUT2D eigenvalue weighted by Crippen LogP contribution is -2.19. The molecule has 2 atom stereocenters. The highest BCUT2D eigenvalue weighted by Crippen LogP contribution is 2.29. The van der Waals surface area contributed by atoms with E-state index in [9.17, 15) is 4.39 Å². The average Bonchev–Trinajstić information content (AvgIpc) is 2.45. The van der Waals surface area contributed by atoms with Gasteiger partial charge < -0.3 is 10.6 Å². The zero-order valence-corrected chi connectivity index (χ0v) is 9.20. The Morgan fingerprint density at radius 1 is 1.20 bits per heavy atom. The van der Waals surface area contributed by atoms with Crippen molar-refractivity contribution in [3.63, 3.8) is 0 Å². The number of nitrogen functional groups attached to an aromatic ring is 1. The predicted octanol–water partition coefficient (Wildman–Crippen LogP) is 2.50. The van der Waals surface area contributed by atoms with Crippen LogP contribution in [0.1, 0.15) is 13.8 Å². The third-order valence-electron chi connectivity index (χ3n) is 3.26. The third kappa shape index (κ3) is 2.06. The molecule has 1 saturated heterocycles. The van der Waals surface area contributed by atoms with E-state index in [1.54, 1.807) is 6.07 Å². The number of nitrogens with two attached hydrogens (primary N) is 1. The van der Waals surface area contributed by atoms with Gasteiger partial charge in [-0.2, -0.15) is 0 Å². The van der Waals surface area contributed by atoms with Gasteiger partial charge in [0.05, 0.1) is 0 Å². The van der Waals surface area contributed by atoms with E-state index in [4.69, 9.17) is 5.73 Å². The van der Waals surface area contributed by atoms with E-state index in [0.717, 1.165) is 18.8 Å². The van der Waals surface area contributed by atoms with Crippen LogP contribution in [0.25, 0.3) is 0 Å². The van der Waals surface area contributed by atoms with Gasteiger partial charge in [-0.3, -0.25) is 0 Å². The number of rotatable bonds is 1. The van der Waals surface area contributed by atoms with Gasteiger partial charge in [0.2, 0.25) is 0 Å². The standard InChI is InChI=1S/C12H17FN2/c1-8-6-15(7-9(8)2)12-4-10(13)3-11(14)5-12/h3-5,8-9H,6-7,14H2,1-2H3. The van der Waals surface area contributed by atoms with E-state index < -0.39 is 0 Å². The summed E-state index contributed by atoms with van der Waals surface area (Å²) in [5.74, 6) is 1.07. The average molecular weight is 208 g/mol. The predicted molar refractivity (Wildman–Crippen MR) is 61.4 cm³/mol. The summed E-state index contributed by atoms with van der Waals surface area (Å²) in [4.78, 5) is 2.20. The van der Waals surface area contributed by atoms with Crippen LogP contribution in [0, 0.1) is 17.7 Å². The topological polar surface area (TPSA) is 29.3 Å². The molecule has 2 rings (SSSR count). The Kier molecular flexibility index (Phi) is 2.55. The molecular weight excluding hydrogens is 191 g/mol. The first-order chi connectivity index (χ1) is 7.06. The Labute approximate surface area is 89.9 Å². The van der Waals surface area contributed by atoms with Crippen LogP contribution in [-0.2, 0) is 0 Å². The van der Waals surface area contributed by atoms with E-state index in [1.807, 2.05) is 6.07 Å². The molecule has 2 nitrogen and oxygen atoms in total. The van der Waals surface area contributed by atoms with Gasteiger partial charge in [-0.25, -0.2) is 4.39 Å². The Morgan fingerprint density at radius 3 is 2.33 bits per heavy atom. The highest BCUT2D eigenvalue weighted by Gasteiger charge is 2.26. The van der Waals surface area contributed by atoms with E-state index in [2.05, 4.69) is 18.7 Å². The Balaban J connectivity index is 2.23. The molecule has 0 aromatic heterocycles. The van der Waals surface area contributed by atoms with Crippen molar-refractivity contribution in [2.24, 2.45) is 11.8 Å². The molecule has 0 spiro atoms. The van der Waals surface area contributed by atoms with Gasteiger partial charge in [-0.05, 0) is 30.0 Å². The first kappa shape index (κ1) is 10.3. The Hall–Kier alpha value is -1.25. The second kappa shape index (κ2) is 3.72. The maximum Gasteiger partial charge on any atom is 0.127 e. The van der Waals surface area contributed by atoms with Crippen LogP contribution >= 0.6 is 0 Å². The van der Waals surface area contributed by atoms with Gasteiger partial charge in [0.15, 0.2) is 0 Å². The molecule has 1 fully saturated rings. The number of hydrogen-bond donors (Lipinski definition) is 1. The summed E-state index contributed by atoms with van der Waals surface area (Å²) in [5.41, 5.74) is 7.03. The molecule has 1 aliphatic heterocycles. The van der Waals surface area contributed by atoms with Gasteiger partial charge in [0.25, 0.3) is 0 Å². The zero-order valence-electron chi connectivity index (χ0n) is 9.20. The highest BCUT2D eigenvalue weighted by molar-refractivity contribution is 5.57. The SMILES string of the molecule is CC1CN(c2cc(N)cc(F)c2)CC1C. The van der Waals surface area contributed by atoms with E-state index in [-0.39, 0.29) is 5.82 Å². The second-order valence-corrected chi connectivity index (χ2v) is 4.60. The lowest BCUT2D eigenvalue weighted by molar-refractivity contribution is 0.494. The molecule has 0 bridgehead atoms. The molecule has 1 aliphatic rings. The molecule has 1 aromatic carbocycles. The molecule has 3 heteroatoms. The van der Waals surface area contributed by atoms with Crippen molar-refractivity contribution in [2.75, 3.05) is 23.7 Å². The highest BCUT2D eigenvalue weighted by atomic mass is 19.1. The van der Waals surface area contributed by atoms with E-state index in [1.165, 1.54) is 6.07 Å². The number of halogens is 1. The lowest BCUT2D eigenvalue weighted by atomic mass is 10.0. The van der Waals surface area contributed by atoms with Gasteiger partial charge >= 0.3 is 0 Å². The smallest absolute Gasteiger partial charge is 0.127 e. The van der Waals surface area contributed by atoms with Crippen LogP contribution in [-0.4, -0.2) is 13.1 Å². The van der Waals surface area contributed by atoms with E-state index >= 15 is 0 Å². The number of nitrogens with zero attached hydrogens (tertiary/aromatic N) is 1. The van der Waals surface area contributed by atoms with E-state index in [0.29, 0.717) is 17.5 Å². The quantitative estimate of drug-likeness (QED) is 0.718. The summed E-state index contributed by atoms with van der Waals surface area (Å²) < 4.78 is 13.2. The monoisotopic (exact) mass is 208 g/mol. The minimum absolute atomic E-state index is 0.253. The number of anilines is 2. The minimum Gasteiger partial charge on any atom is -0.399 e. The second-order valence-electron chi connectivity index (χ2n) is 4.60. The Morgan fingerprint density at radius 2 is 1.80 bits per heavy atom. The summed E-state index contributed by atoms with van der Waals surface area (Å²) in [6, 6.07) is 4.75.